The van der Waals surface area contributed by atoms with Gasteiger partial charge in [-0.2, -0.15) is 0 Å². The van der Waals surface area contributed by atoms with Gasteiger partial charge in [-0.15, -0.1) is 0 Å². The third-order valence-electron chi connectivity index (χ3n) is 2.76. The first-order chi connectivity index (χ1) is 8.81. The summed E-state index contributed by atoms with van der Waals surface area (Å²) in [6.07, 6.45) is 1.89. The number of ketones is 1. The molecule has 0 amide bonds. The Morgan fingerprint density at radius 2 is 1.79 bits per heavy atom. The van der Waals surface area contributed by atoms with Crippen molar-refractivity contribution in [1.82, 2.24) is 0 Å². The highest BCUT2D eigenvalue weighted by Crippen LogP contribution is 2.14. The molecule has 0 aliphatic heterocycles. The summed E-state index contributed by atoms with van der Waals surface area (Å²) in [5, 5.41) is 0. The second-order valence-electron chi connectivity index (χ2n) is 5.04. The molecule has 0 saturated carbocycles. The van der Waals surface area contributed by atoms with Gasteiger partial charge in [-0.25, -0.2) is 12.8 Å². The lowest BCUT2D eigenvalue weighted by atomic mass is 10.1. The minimum atomic E-state index is -3.64. The molecule has 0 aromatic heterocycles. The topological polar surface area (TPSA) is 51.2 Å². The summed E-state index contributed by atoms with van der Waals surface area (Å²) in [6.45, 7) is 4.11. The van der Waals surface area contributed by atoms with Crippen LogP contribution in [0.3, 0.4) is 0 Å². The molecule has 0 aliphatic rings. The molecule has 5 heteroatoms. The van der Waals surface area contributed by atoms with E-state index >= 15 is 0 Å². The zero-order chi connectivity index (χ0) is 14.5. The van der Waals surface area contributed by atoms with Gasteiger partial charge in [0.25, 0.3) is 0 Å². The van der Waals surface area contributed by atoms with Crippen LogP contribution < -0.4 is 0 Å². The van der Waals surface area contributed by atoms with Crippen molar-refractivity contribution >= 4 is 15.6 Å². The third kappa shape index (κ3) is 5.51. The molecule has 0 atom stereocenters. The molecule has 3 nitrogen and oxygen atoms in total. The number of rotatable bonds is 7. The Balaban J connectivity index is 2.59. The number of hydrogen-bond donors (Lipinski definition) is 0. The molecule has 1 aromatic rings. The van der Waals surface area contributed by atoms with Crippen molar-refractivity contribution in [1.29, 1.82) is 0 Å². The summed E-state index contributed by atoms with van der Waals surface area (Å²) < 4.78 is 36.5. The van der Waals surface area contributed by atoms with Crippen LogP contribution in [-0.4, -0.2) is 20.0 Å². The van der Waals surface area contributed by atoms with E-state index in [2.05, 4.69) is 13.8 Å². The maximum Gasteiger partial charge on any atom is 0.185 e. The molecule has 1 rings (SSSR count). The summed E-state index contributed by atoms with van der Waals surface area (Å²) in [5.74, 6) is -0.787. The lowest BCUT2D eigenvalue weighted by Crippen LogP contribution is -2.16. The molecule has 0 radical (unpaired) electrons. The highest BCUT2D eigenvalue weighted by atomic mass is 32.2. The minimum absolute atomic E-state index is 0.00823. The second-order valence-corrected chi connectivity index (χ2v) is 7.03. The van der Waals surface area contributed by atoms with E-state index in [-0.39, 0.29) is 17.1 Å². The largest absolute Gasteiger partial charge is 0.299 e. The van der Waals surface area contributed by atoms with Crippen molar-refractivity contribution in [2.75, 3.05) is 5.75 Å². The van der Waals surface area contributed by atoms with Gasteiger partial charge in [-0.1, -0.05) is 20.3 Å². The van der Waals surface area contributed by atoms with Gasteiger partial charge in [0, 0.05) is 6.42 Å². The van der Waals surface area contributed by atoms with Gasteiger partial charge < -0.3 is 0 Å². The van der Waals surface area contributed by atoms with Crippen molar-refractivity contribution in [2.45, 2.75) is 38.0 Å². The van der Waals surface area contributed by atoms with Crippen LogP contribution in [0.2, 0.25) is 0 Å². The van der Waals surface area contributed by atoms with Crippen LogP contribution in [0, 0.1) is 11.7 Å². The van der Waals surface area contributed by atoms with Crippen LogP contribution in [0.4, 0.5) is 4.39 Å². The van der Waals surface area contributed by atoms with E-state index < -0.39 is 21.4 Å². The summed E-state index contributed by atoms with van der Waals surface area (Å²) in [4.78, 5) is 11.6. The number of hydrogen-bond acceptors (Lipinski definition) is 3. The standard InChI is InChI=1S/C14H19FO3S/c1-11(2)4-3-5-13(16)10-19(17,18)14-8-6-12(15)7-9-14/h6-9,11H,3-5,10H2,1-2H3. The zero-order valence-corrected chi connectivity index (χ0v) is 12.0. The first kappa shape index (κ1) is 15.8. The predicted molar refractivity (Wildman–Crippen MR) is 72.1 cm³/mol. The summed E-state index contributed by atoms with van der Waals surface area (Å²) in [6, 6.07) is 4.53. The lowest BCUT2D eigenvalue weighted by Gasteiger charge is -2.05. The number of carbonyl (C=O) groups excluding carboxylic acids is 1. The Morgan fingerprint density at radius 3 is 2.32 bits per heavy atom. The van der Waals surface area contributed by atoms with Crippen LogP contribution in [0.5, 0.6) is 0 Å². The van der Waals surface area contributed by atoms with Gasteiger partial charge >= 0.3 is 0 Å². The van der Waals surface area contributed by atoms with Gasteiger partial charge in [0.2, 0.25) is 0 Å². The second kappa shape index (κ2) is 6.80. The van der Waals surface area contributed by atoms with E-state index in [4.69, 9.17) is 0 Å². The molecule has 0 saturated heterocycles. The minimum Gasteiger partial charge on any atom is -0.299 e. The molecule has 0 aliphatic carbocycles. The maximum atomic E-state index is 12.7. The smallest absolute Gasteiger partial charge is 0.185 e. The highest BCUT2D eigenvalue weighted by molar-refractivity contribution is 7.92. The van der Waals surface area contributed by atoms with Crippen molar-refractivity contribution in [3.05, 3.63) is 30.1 Å². The molecule has 0 fully saturated rings. The number of carbonyl (C=O) groups is 1. The quantitative estimate of drug-likeness (QED) is 0.724. The van der Waals surface area contributed by atoms with Gasteiger partial charge in [-0.05, 0) is 36.6 Å². The normalized spacial score (nSPS) is 11.8. The molecular weight excluding hydrogens is 267 g/mol. The van der Waals surface area contributed by atoms with Crippen LogP contribution in [0.15, 0.2) is 29.2 Å². The molecule has 0 N–H and O–H groups in total. The van der Waals surface area contributed by atoms with Crippen molar-refractivity contribution in [3.63, 3.8) is 0 Å². The summed E-state index contributed by atoms with van der Waals surface area (Å²) in [7, 11) is -3.64. The average molecular weight is 286 g/mol. The molecule has 0 unspecified atom stereocenters. The fourth-order valence-electron chi connectivity index (χ4n) is 1.72. The van der Waals surface area contributed by atoms with Gasteiger partial charge in [0.1, 0.15) is 17.4 Å². The van der Waals surface area contributed by atoms with E-state index in [0.29, 0.717) is 12.3 Å². The van der Waals surface area contributed by atoms with E-state index in [1.54, 1.807) is 0 Å². The van der Waals surface area contributed by atoms with Crippen LogP contribution >= 0.6 is 0 Å². The average Bonchev–Trinajstić information content (AvgIpc) is 2.28. The summed E-state index contributed by atoms with van der Waals surface area (Å²) >= 11 is 0. The monoisotopic (exact) mass is 286 g/mol. The Bertz CT molecular complexity index is 518. The van der Waals surface area contributed by atoms with Gasteiger partial charge in [0.15, 0.2) is 9.84 Å². The van der Waals surface area contributed by atoms with E-state index in [1.807, 2.05) is 0 Å². The molecule has 0 bridgehead atoms. The number of sulfone groups is 1. The van der Waals surface area contributed by atoms with Gasteiger partial charge in [0.05, 0.1) is 4.90 Å². The van der Waals surface area contributed by atoms with E-state index in [1.165, 1.54) is 12.1 Å². The Labute approximate surface area is 113 Å². The van der Waals surface area contributed by atoms with E-state index in [9.17, 15) is 17.6 Å². The third-order valence-corrected chi connectivity index (χ3v) is 4.45. The molecule has 0 spiro atoms. The van der Waals surface area contributed by atoms with E-state index in [0.717, 1.165) is 18.6 Å². The lowest BCUT2D eigenvalue weighted by molar-refractivity contribution is -0.116. The molecule has 106 valence electrons. The predicted octanol–water partition coefficient (Wildman–Crippen LogP) is 2.99. The Hall–Kier alpha value is -1.23. The molecular formula is C14H19FO3S. The number of benzene rings is 1. The molecule has 1 aromatic carbocycles. The van der Waals surface area contributed by atoms with Crippen molar-refractivity contribution in [3.8, 4) is 0 Å². The van der Waals surface area contributed by atoms with Crippen LogP contribution in [0.25, 0.3) is 0 Å². The SMILES string of the molecule is CC(C)CCCC(=O)CS(=O)(=O)c1ccc(F)cc1. The Morgan fingerprint density at radius 1 is 1.21 bits per heavy atom. The van der Waals surface area contributed by atoms with Crippen LogP contribution in [0.1, 0.15) is 33.1 Å². The molecule has 19 heavy (non-hydrogen) atoms. The Kier molecular flexibility index (Phi) is 5.66. The fraction of sp³-hybridized carbons (Fsp3) is 0.500. The van der Waals surface area contributed by atoms with Crippen LogP contribution in [-0.2, 0) is 14.6 Å². The maximum absolute atomic E-state index is 12.7. The zero-order valence-electron chi connectivity index (χ0n) is 11.2. The first-order valence-electron chi connectivity index (χ1n) is 6.31. The number of Topliss-reactive ketones (excluding diaryl/α,β-unsaturated/α-hetero) is 1. The van der Waals surface area contributed by atoms with Gasteiger partial charge in [-0.3, -0.25) is 4.79 Å². The fourth-order valence-corrected chi connectivity index (χ4v) is 3.00. The molecule has 0 heterocycles. The first-order valence-corrected chi connectivity index (χ1v) is 7.96. The van der Waals surface area contributed by atoms with Crippen molar-refractivity contribution < 1.29 is 17.6 Å². The summed E-state index contributed by atoms with van der Waals surface area (Å²) in [5.41, 5.74) is 0. The van der Waals surface area contributed by atoms with Crippen molar-refractivity contribution in [2.24, 2.45) is 5.92 Å². The highest BCUT2D eigenvalue weighted by Gasteiger charge is 2.19. The number of halogens is 1.